The van der Waals surface area contributed by atoms with Gasteiger partial charge in [-0.15, -0.1) is 0 Å². The largest absolute Gasteiger partial charge is 0.490 e. The predicted molar refractivity (Wildman–Crippen MR) is 72.8 cm³/mol. The lowest BCUT2D eigenvalue weighted by atomic mass is 10.1. The molecule has 0 bridgehead atoms. The standard InChI is InChI=1S/C15H14N2O3/c1-9-6-10(2-5-14(9)20-11-3-4-11)12-7-13(15(18)19)17-8-16-12/h2,5-8,11H,3-4H2,1H3,(H,18,19). The number of nitrogens with zero attached hydrogens (tertiary/aromatic N) is 2. The maximum absolute atomic E-state index is 10.9. The second kappa shape index (κ2) is 4.92. The quantitative estimate of drug-likeness (QED) is 0.924. The second-order valence-corrected chi connectivity index (χ2v) is 4.89. The van der Waals surface area contributed by atoms with Gasteiger partial charge in [-0.3, -0.25) is 0 Å². The molecule has 1 aliphatic carbocycles. The van der Waals surface area contributed by atoms with Crippen molar-refractivity contribution in [2.24, 2.45) is 0 Å². The number of aryl methyl sites for hydroxylation is 1. The summed E-state index contributed by atoms with van der Waals surface area (Å²) in [6.07, 6.45) is 3.87. The van der Waals surface area contributed by atoms with Gasteiger partial charge in [0, 0.05) is 5.56 Å². The van der Waals surface area contributed by atoms with Crippen LogP contribution in [0.5, 0.6) is 5.75 Å². The number of aromatic nitrogens is 2. The zero-order chi connectivity index (χ0) is 14.1. The van der Waals surface area contributed by atoms with E-state index in [2.05, 4.69) is 9.97 Å². The van der Waals surface area contributed by atoms with Crippen molar-refractivity contribution in [1.82, 2.24) is 9.97 Å². The molecule has 20 heavy (non-hydrogen) atoms. The minimum absolute atomic E-state index is 0.00837. The van der Waals surface area contributed by atoms with E-state index < -0.39 is 5.97 Å². The van der Waals surface area contributed by atoms with Gasteiger partial charge in [0.25, 0.3) is 0 Å². The molecule has 0 amide bonds. The average molecular weight is 270 g/mol. The van der Waals surface area contributed by atoms with Crippen LogP contribution in [0.1, 0.15) is 28.9 Å². The summed E-state index contributed by atoms with van der Waals surface area (Å²) in [6.45, 7) is 1.97. The molecule has 0 aliphatic heterocycles. The number of benzene rings is 1. The van der Waals surface area contributed by atoms with Crippen molar-refractivity contribution in [3.63, 3.8) is 0 Å². The number of carbonyl (C=O) groups is 1. The SMILES string of the molecule is Cc1cc(-c2cc(C(=O)O)ncn2)ccc1OC1CC1. The molecule has 5 nitrogen and oxygen atoms in total. The van der Waals surface area contributed by atoms with E-state index >= 15 is 0 Å². The van der Waals surface area contributed by atoms with E-state index in [1.165, 1.54) is 12.4 Å². The minimum Gasteiger partial charge on any atom is -0.490 e. The fraction of sp³-hybridized carbons (Fsp3) is 0.267. The first kappa shape index (κ1) is 12.6. The van der Waals surface area contributed by atoms with Gasteiger partial charge in [-0.25, -0.2) is 14.8 Å². The van der Waals surface area contributed by atoms with Crippen LogP contribution in [-0.2, 0) is 0 Å². The highest BCUT2D eigenvalue weighted by molar-refractivity contribution is 5.86. The Bertz CT molecular complexity index is 666. The third-order valence-electron chi connectivity index (χ3n) is 3.17. The molecule has 3 rings (SSSR count). The van der Waals surface area contributed by atoms with Crippen LogP contribution in [0.4, 0.5) is 0 Å². The number of ether oxygens (including phenoxy) is 1. The van der Waals surface area contributed by atoms with Gasteiger partial charge in [0.1, 0.15) is 12.1 Å². The first-order valence-corrected chi connectivity index (χ1v) is 6.46. The van der Waals surface area contributed by atoms with Gasteiger partial charge < -0.3 is 9.84 Å². The smallest absolute Gasteiger partial charge is 0.354 e. The fourth-order valence-corrected chi connectivity index (χ4v) is 1.94. The normalized spacial score (nSPS) is 14.1. The summed E-state index contributed by atoms with van der Waals surface area (Å²) < 4.78 is 5.78. The molecule has 102 valence electrons. The molecule has 1 aromatic carbocycles. The lowest BCUT2D eigenvalue weighted by Crippen LogP contribution is -2.01. The maximum Gasteiger partial charge on any atom is 0.354 e. The Morgan fingerprint density at radius 3 is 2.75 bits per heavy atom. The average Bonchev–Trinajstić information content (AvgIpc) is 3.25. The van der Waals surface area contributed by atoms with Crippen LogP contribution in [0.15, 0.2) is 30.6 Å². The zero-order valence-electron chi connectivity index (χ0n) is 11.0. The third-order valence-corrected chi connectivity index (χ3v) is 3.17. The Hall–Kier alpha value is -2.43. The molecule has 0 atom stereocenters. The molecular formula is C15H14N2O3. The van der Waals surface area contributed by atoms with Crippen molar-refractivity contribution in [3.8, 4) is 17.0 Å². The third kappa shape index (κ3) is 2.61. The molecule has 1 fully saturated rings. The number of aromatic carboxylic acids is 1. The summed E-state index contributed by atoms with van der Waals surface area (Å²) in [5.41, 5.74) is 2.46. The van der Waals surface area contributed by atoms with Gasteiger partial charge in [0.2, 0.25) is 0 Å². The van der Waals surface area contributed by atoms with Crippen LogP contribution in [0.25, 0.3) is 11.3 Å². The minimum atomic E-state index is -1.06. The Balaban J connectivity index is 1.91. The molecule has 1 N–H and O–H groups in total. The summed E-state index contributed by atoms with van der Waals surface area (Å²) in [4.78, 5) is 18.8. The highest BCUT2D eigenvalue weighted by Crippen LogP contribution is 2.31. The molecule has 1 heterocycles. The Morgan fingerprint density at radius 2 is 2.10 bits per heavy atom. The van der Waals surface area contributed by atoms with E-state index in [0.717, 1.165) is 29.7 Å². The Morgan fingerprint density at radius 1 is 1.30 bits per heavy atom. The van der Waals surface area contributed by atoms with Crippen LogP contribution in [0.3, 0.4) is 0 Å². The van der Waals surface area contributed by atoms with Crippen molar-refractivity contribution < 1.29 is 14.6 Å². The van der Waals surface area contributed by atoms with Gasteiger partial charge in [0.05, 0.1) is 11.8 Å². The lowest BCUT2D eigenvalue weighted by Gasteiger charge is -2.09. The van der Waals surface area contributed by atoms with E-state index in [4.69, 9.17) is 9.84 Å². The molecule has 2 aromatic rings. The molecule has 0 unspecified atom stereocenters. The number of hydrogen-bond donors (Lipinski definition) is 1. The summed E-state index contributed by atoms with van der Waals surface area (Å²) in [5, 5.41) is 8.95. The van der Waals surface area contributed by atoms with Crippen LogP contribution in [0.2, 0.25) is 0 Å². The molecule has 1 aliphatic rings. The molecular weight excluding hydrogens is 256 g/mol. The summed E-state index contributed by atoms with van der Waals surface area (Å²) in [7, 11) is 0. The van der Waals surface area contributed by atoms with E-state index in [0.29, 0.717) is 11.8 Å². The van der Waals surface area contributed by atoms with E-state index in [1.54, 1.807) is 0 Å². The van der Waals surface area contributed by atoms with E-state index in [-0.39, 0.29) is 5.69 Å². The molecule has 1 saturated carbocycles. The van der Waals surface area contributed by atoms with Gasteiger partial charge in [-0.2, -0.15) is 0 Å². The Labute approximate surface area is 116 Å². The zero-order valence-corrected chi connectivity index (χ0v) is 11.0. The number of carboxylic acids is 1. The van der Waals surface area contributed by atoms with Crippen molar-refractivity contribution in [3.05, 3.63) is 41.9 Å². The van der Waals surface area contributed by atoms with Crippen LogP contribution < -0.4 is 4.74 Å². The lowest BCUT2D eigenvalue weighted by molar-refractivity contribution is 0.0690. The summed E-state index contributed by atoms with van der Waals surface area (Å²) >= 11 is 0. The van der Waals surface area contributed by atoms with Crippen LogP contribution >= 0.6 is 0 Å². The molecule has 0 spiro atoms. The van der Waals surface area contributed by atoms with Gasteiger partial charge in [0.15, 0.2) is 5.69 Å². The Kier molecular flexibility index (Phi) is 3.10. The number of carboxylic acid groups (broad SMARTS) is 1. The first-order valence-electron chi connectivity index (χ1n) is 6.46. The van der Waals surface area contributed by atoms with Gasteiger partial charge in [-0.1, -0.05) is 0 Å². The first-order chi connectivity index (χ1) is 9.63. The van der Waals surface area contributed by atoms with E-state index in [1.807, 2.05) is 25.1 Å². The second-order valence-electron chi connectivity index (χ2n) is 4.89. The van der Waals surface area contributed by atoms with Crippen molar-refractivity contribution in [2.45, 2.75) is 25.9 Å². The van der Waals surface area contributed by atoms with Gasteiger partial charge in [-0.05, 0) is 49.6 Å². The summed E-state index contributed by atoms with van der Waals surface area (Å²) in [5.74, 6) is -0.178. The molecule has 1 aromatic heterocycles. The monoisotopic (exact) mass is 270 g/mol. The predicted octanol–water partition coefficient (Wildman–Crippen LogP) is 2.69. The highest BCUT2D eigenvalue weighted by atomic mass is 16.5. The van der Waals surface area contributed by atoms with E-state index in [9.17, 15) is 4.79 Å². The molecule has 0 saturated heterocycles. The highest BCUT2D eigenvalue weighted by Gasteiger charge is 2.24. The number of hydrogen-bond acceptors (Lipinski definition) is 4. The molecule has 5 heteroatoms. The molecule has 0 radical (unpaired) electrons. The van der Waals surface area contributed by atoms with Crippen LogP contribution in [-0.4, -0.2) is 27.1 Å². The van der Waals surface area contributed by atoms with Crippen molar-refractivity contribution >= 4 is 5.97 Å². The van der Waals surface area contributed by atoms with Crippen molar-refractivity contribution in [2.75, 3.05) is 0 Å². The maximum atomic E-state index is 10.9. The topological polar surface area (TPSA) is 72.3 Å². The number of rotatable bonds is 4. The summed E-state index contributed by atoms with van der Waals surface area (Å²) in [6, 6.07) is 7.22. The van der Waals surface area contributed by atoms with Crippen molar-refractivity contribution in [1.29, 1.82) is 0 Å². The van der Waals surface area contributed by atoms with Crippen LogP contribution in [0, 0.1) is 6.92 Å². The van der Waals surface area contributed by atoms with Gasteiger partial charge >= 0.3 is 5.97 Å². The fourth-order valence-electron chi connectivity index (χ4n) is 1.94.